The minimum Gasteiger partial charge on any atom is -0.375 e. The van der Waals surface area contributed by atoms with Gasteiger partial charge in [0.2, 0.25) is 0 Å². The molecule has 31 heavy (non-hydrogen) atoms. The zero-order valence-corrected chi connectivity index (χ0v) is 18.6. The molecule has 0 saturated carbocycles. The topological polar surface area (TPSA) is 41.0 Å². The number of ether oxygens (including phenoxy) is 1. The Morgan fingerprint density at radius 1 is 0.968 bits per heavy atom. The molecule has 2 aromatic rings. The minimum atomic E-state index is -0.0511. The molecule has 6 nitrogen and oxygen atoms in total. The van der Waals surface area contributed by atoms with Crippen molar-refractivity contribution in [1.82, 2.24) is 14.4 Å². The summed E-state index contributed by atoms with van der Waals surface area (Å²) in [4.78, 5) is 20.1. The van der Waals surface area contributed by atoms with Crippen molar-refractivity contribution in [3.63, 3.8) is 0 Å². The molecule has 6 heteroatoms. The van der Waals surface area contributed by atoms with Crippen molar-refractivity contribution in [2.45, 2.75) is 37.3 Å². The van der Waals surface area contributed by atoms with E-state index in [0.29, 0.717) is 6.04 Å². The van der Waals surface area contributed by atoms with Crippen LogP contribution >= 0.6 is 0 Å². The van der Waals surface area contributed by atoms with E-state index < -0.39 is 0 Å². The lowest BCUT2D eigenvalue weighted by Crippen LogP contribution is -2.57. The summed E-state index contributed by atoms with van der Waals surface area (Å²) in [5.41, 5.74) is 2.06. The highest BCUT2D eigenvalue weighted by molar-refractivity contribution is 5.92. The van der Waals surface area contributed by atoms with Gasteiger partial charge in [-0.25, -0.2) is 0 Å². The molecule has 0 aliphatic carbocycles. The Morgan fingerprint density at radius 3 is 2.39 bits per heavy atom. The van der Waals surface area contributed by atoms with Gasteiger partial charge in [-0.2, -0.15) is 0 Å². The van der Waals surface area contributed by atoms with E-state index in [1.165, 1.54) is 5.69 Å². The third-order valence-corrected chi connectivity index (χ3v) is 7.54. The van der Waals surface area contributed by atoms with E-state index in [1.54, 1.807) is 0 Å². The highest BCUT2D eigenvalue weighted by Gasteiger charge is 2.43. The highest BCUT2D eigenvalue weighted by Crippen LogP contribution is 2.37. The minimum absolute atomic E-state index is 0.0511. The zero-order chi connectivity index (χ0) is 21.3. The Morgan fingerprint density at radius 2 is 1.71 bits per heavy atom. The van der Waals surface area contributed by atoms with Crippen molar-refractivity contribution in [3.05, 3.63) is 54.4 Å². The van der Waals surface area contributed by atoms with Gasteiger partial charge >= 0.3 is 0 Å². The van der Waals surface area contributed by atoms with Crippen molar-refractivity contribution in [2.75, 3.05) is 50.8 Å². The number of nitrogens with zero attached hydrogens (tertiary/aromatic N) is 4. The van der Waals surface area contributed by atoms with Crippen molar-refractivity contribution < 1.29 is 9.53 Å². The molecule has 1 aromatic heterocycles. The molecule has 1 amide bonds. The summed E-state index contributed by atoms with van der Waals surface area (Å²) in [6, 6.07) is 15.2. The lowest BCUT2D eigenvalue weighted by Gasteiger charge is -2.49. The number of carbonyl (C=O) groups is 1. The first-order chi connectivity index (χ1) is 15.1. The molecule has 1 atom stereocenters. The highest BCUT2D eigenvalue weighted by atomic mass is 16.5. The van der Waals surface area contributed by atoms with Gasteiger partial charge in [0.15, 0.2) is 0 Å². The lowest BCUT2D eigenvalue weighted by atomic mass is 9.81. The molecule has 3 saturated heterocycles. The number of anilines is 1. The van der Waals surface area contributed by atoms with Gasteiger partial charge in [-0.05, 0) is 49.9 Å². The fourth-order valence-corrected chi connectivity index (χ4v) is 5.61. The second-order valence-electron chi connectivity index (χ2n) is 9.33. The molecule has 166 valence electrons. The summed E-state index contributed by atoms with van der Waals surface area (Å²) in [7, 11) is 1.94. The van der Waals surface area contributed by atoms with Gasteiger partial charge in [0.1, 0.15) is 5.69 Å². The number of amides is 1. The van der Waals surface area contributed by atoms with Gasteiger partial charge in [0, 0.05) is 70.8 Å². The average Bonchev–Trinajstić information content (AvgIpc) is 3.26. The summed E-state index contributed by atoms with van der Waals surface area (Å²) in [6.45, 7) is 6.84. The standard InChI is InChI=1S/C25H34N4O2/c1-26-12-5-8-23(26)24(30)29-13-10-25(11-14-29)20-22(9-19-31-25)28-17-15-27(16-18-28)21-6-3-2-4-7-21/h2-8,12,22H,9-11,13-20H2,1H3/t22-/m1/s1. The maximum atomic E-state index is 12.9. The lowest BCUT2D eigenvalue weighted by molar-refractivity contribution is -0.130. The van der Waals surface area contributed by atoms with Gasteiger partial charge < -0.3 is 19.1 Å². The van der Waals surface area contributed by atoms with Crippen LogP contribution in [0, 0.1) is 0 Å². The number of carbonyl (C=O) groups excluding carboxylic acids is 1. The molecule has 4 heterocycles. The van der Waals surface area contributed by atoms with Gasteiger partial charge in [-0.3, -0.25) is 9.69 Å². The van der Waals surface area contributed by atoms with E-state index in [-0.39, 0.29) is 11.5 Å². The predicted molar refractivity (Wildman–Crippen MR) is 122 cm³/mol. The third kappa shape index (κ3) is 4.23. The fourth-order valence-electron chi connectivity index (χ4n) is 5.61. The molecular weight excluding hydrogens is 388 g/mol. The Hall–Kier alpha value is -2.31. The van der Waals surface area contributed by atoms with Crippen LogP contribution in [0.15, 0.2) is 48.7 Å². The molecular formula is C25H34N4O2. The number of hydrogen-bond donors (Lipinski definition) is 0. The van der Waals surface area contributed by atoms with Crippen LogP contribution < -0.4 is 4.90 Å². The number of para-hydroxylation sites is 1. The molecule has 0 radical (unpaired) electrons. The van der Waals surface area contributed by atoms with E-state index in [4.69, 9.17) is 4.74 Å². The molecule has 3 aliphatic heterocycles. The largest absolute Gasteiger partial charge is 0.375 e. The molecule has 1 spiro atoms. The number of rotatable bonds is 3. The van der Waals surface area contributed by atoms with Crippen molar-refractivity contribution in [2.24, 2.45) is 7.05 Å². The van der Waals surface area contributed by atoms with Gasteiger partial charge in [0.25, 0.3) is 5.91 Å². The molecule has 3 aliphatic rings. The summed E-state index contributed by atoms with van der Waals surface area (Å²) in [5, 5.41) is 0. The van der Waals surface area contributed by atoms with Gasteiger partial charge in [-0.15, -0.1) is 0 Å². The molecule has 0 unspecified atom stereocenters. The van der Waals surface area contributed by atoms with E-state index in [0.717, 1.165) is 77.3 Å². The third-order valence-electron chi connectivity index (χ3n) is 7.54. The second-order valence-corrected chi connectivity index (χ2v) is 9.33. The number of hydrogen-bond acceptors (Lipinski definition) is 4. The summed E-state index contributed by atoms with van der Waals surface area (Å²) in [6.07, 6.45) is 6.06. The monoisotopic (exact) mass is 422 g/mol. The summed E-state index contributed by atoms with van der Waals surface area (Å²) >= 11 is 0. The number of piperidine rings is 1. The quantitative estimate of drug-likeness (QED) is 0.763. The van der Waals surface area contributed by atoms with E-state index in [1.807, 2.05) is 34.8 Å². The SMILES string of the molecule is Cn1cccc1C(=O)N1CCC2(CC1)C[C@H](N1CCN(c3ccccc3)CC1)CCO2. The van der Waals surface area contributed by atoms with Crippen LogP contribution in [0.4, 0.5) is 5.69 Å². The Kier molecular flexibility index (Phi) is 5.76. The van der Waals surface area contributed by atoms with Crippen LogP contribution in [-0.2, 0) is 11.8 Å². The zero-order valence-electron chi connectivity index (χ0n) is 18.6. The van der Waals surface area contributed by atoms with E-state index in [9.17, 15) is 4.79 Å². The summed E-state index contributed by atoms with van der Waals surface area (Å²) in [5.74, 6) is 0.145. The molecule has 0 bridgehead atoms. The molecule has 5 rings (SSSR count). The first-order valence-electron chi connectivity index (χ1n) is 11.7. The van der Waals surface area contributed by atoms with Crippen LogP contribution in [-0.4, -0.2) is 77.8 Å². The van der Waals surface area contributed by atoms with E-state index >= 15 is 0 Å². The van der Waals surface area contributed by atoms with E-state index in [2.05, 4.69) is 40.1 Å². The van der Waals surface area contributed by atoms with Gasteiger partial charge in [0.05, 0.1) is 5.60 Å². The fraction of sp³-hybridized carbons (Fsp3) is 0.560. The number of aryl methyl sites for hydroxylation is 1. The number of likely N-dealkylation sites (tertiary alicyclic amines) is 1. The normalized spacial score (nSPS) is 24.5. The first-order valence-corrected chi connectivity index (χ1v) is 11.7. The van der Waals surface area contributed by atoms with Crippen molar-refractivity contribution >= 4 is 11.6 Å². The van der Waals surface area contributed by atoms with Crippen LogP contribution in [0.2, 0.25) is 0 Å². The first kappa shape index (κ1) is 20.6. The number of benzene rings is 1. The van der Waals surface area contributed by atoms with Crippen molar-refractivity contribution in [1.29, 1.82) is 0 Å². The molecule has 0 N–H and O–H groups in total. The summed E-state index contributed by atoms with van der Waals surface area (Å²) < 4.78 is 8.29. The number of aromatic nitrogens is 1. The molecule has 1 aromatic carbocycles. The van der Waals surface area contributed by atoms with Crippen molar-refractivity contribution in [3.8, 4) is 0 Å². The predicted octanol–water partition coefficient (Wildman–Crippen LogP) is 3.00. The molecule has 3 fully saturated rings. The van der Waals surface area contributed by atoms with Gasteiger partial charge in [-0.1, -0.05) is 18.2 Å². The average molecular weight is 423 g/mol. The number of piperazine rings is 1. The maximum Gasteiger partial charge on any atom is 0.270 e. The van der Waals surface area contributed by atoms with Crippen LogP contribution in [0.25, 0.3) is 0 Å². The van der Waals surface area contributed by atoms with Crippen LogP contribution in [0.5, 0.6) is 0 Å². The Labute approximate surface area is 185 Å². The van der Waals surface area contributed by atoms with Crippen LogP contribution in [0.3, 0.4) is 0 Å². The smallest absolute Gasteiger partial charge is 0.270 e. The Balaban J connectivity index is 1.16. The second kappa shape index (κ2) is 8.67. The Bertz CT molecular complexity index is 880. The maximum absolute atomic E-state index is 12.9. The van der Waals surface area contributed by atoms with Crippen LogP contribution in [0.1, 0.15) is 36.2 Å².